The van der Waals surface area contributed by atoms with Crippen molar-refractivity contribution in [2.24, 2.45) is 0 Å². The van der Waals surface area contributed by atoms with Crippen molar-refractivity contribution >= 4 is 21.2 Å². The molecular weight excluding hydrogens is 280 g/mol. The van der Waals surface area contributed by atoms with Crippen molar-refractivity contribution < 1.29 is 17.9 Å². The summed E-state index contributed by atoms with van der Waals surface area (Å²) in [5.41, 5.74) is 7.13. The van der Waals surface area contributed by atoms with E-state index in [0.29, 0.717) is 29.3 Å². The number of sulfone groups is 1. The van der Waals surface area contributed by atoms with Crippen LogP contribution in [-0.4, -0.2) is 40.2 Å². The van der Waals surface area contributed by atoms with Gasteiger partial charge >= 0.3 is 0 Å². The molecule has 1 aromatic rings. The van der Waals surface area contributed by atoms with Crippen molar-refractivity contribution in [2.45, 2.75) is 18.9 Å². The third-order valence-electron chi connectivity index (χ3n) is 3.38. The predicted octanol–water partition coefficient (Wildman–Crippen LogP) is 1.28. The third kappa shape index (κ3) is 3.27. The molecule has 3 N–H and O–H groups in total. The Bertz CT molecular complexity index is 586. The minimum Gasteiger partial charge on any atom is -0.493 e. The van der Waals surface area contributed by atoms with E-state index < -0.39 is 9.84 Å². The van der Waals surface area contributed by atoms with Gasteiger partial charge in [0.2, 0.25) is 0 Å². The van der Waals surface area contributed by atoms with E-state index in [2.05, 4.69) is 5.32 Å². The van der Waals surface area contributed by atoms with Crippen LogP contribution in [0.3, 0.4) is 0 Å². The summed E-state index contributed by atoms with van der Waals surface area (Å²) in [7, 11) is 0.132. The highest BCUT2D eigenvalue weighted by atomic mass is 32.2. The first-order valence-corrected chi connectivity index (χ1v) is 8.26. The van der Waals surface area contributed by atoms with Crippen molar-refractivity contribution in [1.29, 1.82) is 0 Å². The van der Waals surface area contributed by atoms with Crippen molar-refractivity contribution in [2.75, 3.05) is 36.8 Å². The summed E-state index contributed by atoms with van der Waals surface area (Å²) in [6.07, 6.45) is 1.49. The summed E-state index contributed by atoms with van der Waals surface area (Å²) in [5, 5.41) is 3.19. The predicted molar refractivity (Wildman–Crippen MR) is 79.3 cm³/mol. The minimum absolute atomic E-state index is 0.117. The zero-order chi connectivity index (χ0) is 14.8. The quantitative estimate of drug-likeness (QED) is 0.814. The Labute approximate surface area is 119 Å². The van der Waals surface area contributed by atoms with Crippen LogP contribution in [0.2, 0.25) is 0 Å². The van der Waals surface area contributed by atoms with Crippen LogP contribution in [0.1, 0.15) is 12.8 Å². The molecule has 7 heteroatoms. The number of rotatable bonds is 4. The van der Waals surface area contributed by atoms with Gasteiger partial charge in [-0.15, -0.1) is 0 Å². The maximum Gasteiger partial charge on any atom is 0.162 e. The highest BCUT2D eigenvalue weighted by Gasteiger charge is 2.25. The second-order valence-corrected chi connectivity index (χ2v) is 7.12. The van der Waals surface area contributed by atoms with Crippen molar-refractivity contribution in [3.63, 3.8) is 0 Å². The monoisotopic (exact) mass is 300 g/mol. The third-order valence-corrected chi connectivity index (χ3v) is 5.20. The summed E-state index contributed by atoms with van der Waals surface area (Å²) >= 11 is 0. The molecule has 0 radical (unpaired) electrons. The first-order valence-electron chi connectivity index (χ1n) is 6.43. The Morgan fingerprint density at radius 1 is 1.25 bits per heavy atom. The molecule has 1 aliphatic rings. The molecule has 1 atom stereocenters. The summed E-state index contributed by atoms with van der Waals surface area (Å²) in [5.74, 6) is 1.52. The molecule has 20 heavy (non-hydrogen) atoms. The standard InChI is InChI=1S/C13H20N2O4S/c1-18-12-6-10(14)11(7-13(12)19-2)15-9-4-3-5-20(16,17)8-9/h6-7,9,15H,3-5,8,14H2,1-2H3. The molecule has 1 aromatic carbocycles. The average Bonchev–Trinajstić information content (AvgIpc) is 2.39. The largest absolute Gasteiger partial charge is 0.493 e. The lowest BCUT2D eigenvalue weighted by molar-refractivity contribution is 0.355. The van der Waals surface area contributed by atoms with Crippen molar-refractivity contribution in [3.05, 3.63) is 12.1 Å². The Balaban J connectivity index is 2.21. The smallest absolute Gasteiger partial charge is 0.162 e. The van der Waals surface area contributed by atoms with E-state index in [0.717, 1.165) is 6.42 Å². The Hall–Kier alpha value is -1.63. The summed E-state index contributed by atoms with van der Waals surface area (Å²) in [4.78, 5) is 0. The second-order valence-electron chi connectivity index (χ2n) is 4.89. The molecule has 0 bridgehead atoms. The van der Waals surface area contributed by atoms with Gasteiger partial charge in [0.05, 0.1) is 37.1 Å². The Morgan fingerprint density at radius 3 is 2.50 bits per heavy atom. The van der Waals surface area contributed by atoms with Crippen LogP contribution in [0, 0.1) is 0 Å². The van der Waals surface area contributed by atoms with Crippen LogP contribution in [0.5, 0.6) is 11.5 Å². The zero-order valence-electron chi connectivity index (χ0n) is 11.7. The van der Waals surface area contributed by atoms with Crippen molar-refractivity contribution in [1.82, 2.24) is 0 Å². The molecule has 6 nitrogen and oxygen atoms in total. The number of nitrogens with one attached hydrogen (secondary N) is 1. The molecular formula is C13H20N2O4S. The van der Waals surface area contributed by atoms with Gasteiger partial charge in [0.15, 0.2) is 21.3 Å². The molecule has 0 saturated carbocycles. The summed E-state index contributed by atoms with van der Waals surface area (Å²) in [6.45, 7) is 0. The van der Waals surface area contributed by atoms with Gasteiger partial charge in [0, 0.05) is 18.2 Å². The van der Waals surface area contributed by atoms with Crippen LogP contribution in [0.15, 0.2) is 12.1 Å². The van der Waals surface area contributed by atoms with Crippen LogP contribution in [0.25, 0.3) is 0 Å². The lowest BCUT2D eigenvalue weighted by Gasteiger charge is -2.25. The number of hydrogen-bond acceptors (Lipinski definition) is 6. The van der Waals surface area contributed by atoms with Gasteiger partial charge in [0.1, 0.15) is 0 Å². The molecule has 1 saturated heterocycles. The van der Waals surface area contributed by atoms with E-state index >= 15 is 0 Å². The zero-order valence-corrected chi connectivity index (χ0v) is 12.5. The fraction of sp³-hybridized carbons (Fsp3) is 0.538. The maximum absolute atomic E-state index is 11.6. The normalized spacial score (nSPS) is 21.2. The van der Waals surface area contributed by atoms with Gasteiger partial charge in [-0.05, 0) is 12.8 Å². The fourth-order valence-electron chi connectivity index (χ4n) is 2.38. The van der Waals surface area contributed by atoms with Crippen LogP contribution < -0.4 is 20.5 Å². The molecule has 112 valence electrons. The van der Waals surface area contributed by atoms with Crippen LogP contribution >= 0.6 is 0 Å². The van der Waals surface area contributed by atoms with Gasteiger partial charge in [-0.2, -0.15) is 0 Å². The molecule has 0 aromatic heterocycles. The molecule has 0 amide bonds. The van der Waals surface area contributed by atoms with Crippen LogP contribution in [0.4, 0.5) is 11.4 Å². The number of methoxy groups -OCH3 is 2. The Morgan fingerprint density at radius 2 is 1.90 bits per heavy atom. The van der Waals surface area contributed by atoms with Crippen molar-refractivity contribution in [3.8, 4) is 11.5 Å². The number of ether oxygens (including phenoxy) is 2. The Kier molecular flexibility index (Phi) is 4.27. The number of nitrogen functional groups attached to an aromatic ring is 1. The van der Waals surface area contributed by atoms with Gasteiger partial charge in [-0.1, -0.05) is 0 Å². The van der Waals surface area contributed by atoms with Gasteiger partial charge < -0.3 is 20.5 Å². The number of benzene rings is 1. The fourth-order valence-corrected chi connectivity index (χ4v) is 4.01. The number of hydrogen-bond donors (Lipinski definition) is 2. The minimum atomic E-state index is -2.95. The lowest BCUT2D eigenvalue weighted by Crippen LogP contribution is -2.35. The lowest BCUT2D eigenvalue weighted by atomic mass is 10.1. The average molecular weight is 300 g/mol. The SMILES string of the molecule is COc1cc(N)c(NC2CCCS(=O)(=O)C2)cc1OC. The highest BCUT2D eigenvalue weighted by Crippen LogP contribution is 2.35. The molecule has 1 heterocycles. The van der Waals surface area contributed by atoms with E-state index in [-0.39, 0.29) is 17.5 Å². The maximum atomic E-state index is 11.6. The van der Waals surface area contributed by atoms with E-state index in [1.54, 1.807) is 19.2 Å². The molecule has 2 rings (SSSR count). The second kappa shape index (κ2) is 5.78. The molecule has 1 unspecified atom stereocenters. The first kappa shape index (κ1) is 14.8. The van der Waals surface area contributed by atoms with Gasteiger partial charge in [-0.3, -0.25) is 0 Å². The van der Waals surface area contributed by atoms with E-state index in [4.69, 9.17) is 15.2 Å². The highest BCUT2D eigenvalue weighted by molar-refractivity contribution is 7.91. The molecule has 1 aliphatic heterocycles. The number of anilines is 2. The topological polar surface area (TPSA) is 90.6 Å². The summed E-state index contributed by atoms with van der Waals surface area (Å²) < 4.78 is 33.7. The molecule has 1 fully saturated rings. The van der Waals surface area contributed by atoms with Gasteiger partial charge in [0.25, 0.3) is 0 Å². The summed E-state index contributed by atoms with van der Waals surface area (Å²) in [6, 6.07) is 3.28. The number of nitrogens with two attached hydrogens (primary N) is 1. The molecule has 0 spiro atoms. The first-order chi connectivity index (χ1) is 9.45. The molecule has 0 aliphatic carbocycles. The van der Waals surface area contributed by atoms with E-state index in [1.165, 1.54) is 7.11 Å². The van der Waals surface area contributed by atoms with Gasteiger partial charge in [-0.25, -0.2) is 8.42 Å². The van der Waals surface area contributed by atoms with Crippen LogP contribution in [-0.2, 0) is 9.84 Å². The van der Waals surface area contributed by atoms with E-state index in [9.17, 15) is 8.42 Å². The van der Waals surface area contributed by atoms with E-state index in [1.807, 2.05) is 0 Å².